The van der Waals surface area contributed by atoms with Crippen LogP contribution in [0, 0.1) is 11.3 Å². The molecule has 16 heteroatoms. The molecular weight excluding hydrogens is 795 g/mol. The predicted molar refractivity (Wildman–Crippen MR) is 233 cm³/mol. The number of benzene rings is 1. The molecule has 0 saturated carbocycles. The first-order valence-electron chi connectivity index (χ1n) is 20.4. The van der Waals surface area contributed by atoms with Gasteiger partial charge in [-0.15, -0.1) is 0 Å². The fourth-order valence-electron chi connectivity index (χ4n) is 6.10. The van der Waals surface area contributed by atoms with Crippen LogP contribution in [0.3, 0.4) is 0 Å². The minimum atomic E-state index is -1.16. The van der Waals surface area contributed by atoms with Gasteiger partial charge in [0.15, 0.2) is 5.12 Å². The van der Waals surface area contributed by atoms with Crippen molar-refractivity contribution in [1.82, 2.24) is 15.1 Å². The number of likely N-dealkylation sites (N-methyl/N-ethyl adjacent to an activating group) is 2. The molecule has 3 unspecified atom stereocenters. The normalized spacial score (nSPS) is 13.9. The molecule has 60 heavy (non-hydrogen) atoms. The molecule has 0 aliphatic rings. The Morgan fingerprint density at radius 3 is 1.77 bits per heavy atom. The van der Waals surface area contributed by atoms with Crippen molar-refractivity contribution in [3.63, 3.8) is 0 Å². The SMILES string of the molecule is CC(=O)SCCOCCOCCOCCOCCOc1cccc(C(C)(C)C(C(=O)NC(C(=O)N(C)C(/C=C(\C)C(=O)O)C(C)C)C(C)(C)C)N(C)C(=O)OC(C)(C)C)c1. The molecule has 0 aliphatic heterocycles. The lowest BCUT2D eigenvalue weighted by molar-refractivity contribution is -0.142. The van der Waals surface area contributed by atoms with Crippen LogP contribution in [0.15, 0.2) is 35.9 Å². The van der Waals surface area contributed by atoms with Crippen molar-refractivity contribution in [3.05, 3.63) is 41.5 Å². The van der Waals surface area contributed by atoms with Gasteiger partial charge in [-0.1, -0.05) is 78.4 Å². The number of hydrogen-bond donors (Lipinski definition) is 2. The molecule has 0 bridgehead atoms. The molecular formula is C44H73N3O12S. The molecule has 342 valence electrons. The van der Waals surface area contributed by atoms with E-state index in [1.54, 1.807) is 46.0 Å². The van der Waals surface area contributed by atoms with Crippen LogP contribution in [0.25, 0.3) is 0 Å². The molecule has 0 heterocycles. The van der Waals surface area contributed by atoms with E-state index in [0.717, 1.165) is 0 Å². The van der Waals surface area contributed by atoms with Crippen LogP contribution in [0.1, 0.15) is 88.6 Å². The standard InChI is InChI=1S/C44H73N3O12S/c1-30(2)35(28-31(3)40(51)52)46(13)39(50)36(42(5,6)7)45-38(49)37(47(14)41(53)59-43(8,9)10)44(11,12)33-16-15-17-34(29-33)58-25-24-56-21-20-54-18-19-55-22-23-57-26-27-60-32(4)48/h15-17,28-30,35-37H,18-27H2,1-14H3,(H,45,49)(H,51,52)/b31-28+. The van der Waals surface area contributed by atoms with E-state index in [-0.39, 0.29) is 23.2 Å². The van der Waals surface area contributed by atoms with Gasteiger partial charge in [-0.2, -0.15) is 0 Å². The number of carbonyl (C=O) groups is 5. The van der Waals surface area contributed by atoms with E-state index in [1.807, 2.05) is 60.6 Å². The fourth-order valence-corrected chi connectivity index (χ4v) is 6.58. The van der Waals surface area contributed by atoms with Crippen molar-refractivity contribution in [3.8, 4) is 5.75 Å². The minimum absolute atomic E-state index is 0.0739. The second-order valence-corrected chi connectivity index (χ2v) is 18.8. The third kappa shape index (κ3) is 19.8. The summed E-state index contributed by atoms with van der Waals surface area (Å²) in [5.74, 6) is -1.04. The van der Waals surface area contributed by atoms with Crippen LogP contribution in [0.4, 0.5) is 4.79 Å². The Balaban J connectivity index is 3.08. The van der Waals surface area contributed by atoms with Crippen LogP contribution < -0.4 is 10.1 Å². The number of nitrogens with zero attached hydrogens (tertiary/aromatic N) is 2. The minimum Gasteiger partial charge on any atom is -0.491 e. The number of carbonyl (C=O) groups excluding carboxylic acids is 4. The molecule has 0 spiro atoms. The lowest BCUT2D eigenvalue weighted by atomic mass is 9.76. The third-order valence-corrected chi connectivity index (χ3v) is 10.1. The number of aliphatic carboxylic acids is 1. The number of nitrogens with one attached hydrogen (secondary N) is 1. The van der Waals surface area contributed by atoms with Crippen molar-refractivity contribution in [2.45, 2.75) is 112 Å². The van der Waals surface area contributed by atoms with Gasteiger partial charge in [0.2, 0.25) is 11.8 Å². The summed E-state index contributed by atoms with van der Waals surface area (Å²) >= 11 is 1.23. The maximum absolute atomic E-state index is 14.7. The summed E-state index contributed by atoms with van der Waals surface area (Å²) in [5, 5.41) is 12.6. The van der Waals surface area contributed by atoms with E-state index in [1.165, 1.54) is 42.5 Å². The van der Waals surface area contributed by atoms with E-state index in [9.17, 15) is 29.1 Å². The number of ether oxygens (including phenoxy) is 6. The molecule has 0 radical (unpaired) electrons. The van der Waals surface area contributed by atoms with Crippen LogP contribution in [0.5, 0.6) is 5.75 Å². The van der Waals surface area contributed by atoms with Gasteiger partial charge in [-0.25, -0.2) is 9.59 Å². The maximum Gasteiger partial charge on any atom is 0.410 e. The lowest BCUT2D eigenvalue weighted by Crippen LogP contribution is -2.63. The Labute approximate surface area is 362 Å². The molecule has 0 aliphatic carbocycles. The van der Waals surface area contributed by atoms with E-state index < -0.39 is 58.4 Å². The highest BCUT2D eigenvalue weighted by Crippen LogP contribution is 2.34. The first kappa shape index (κ1) is 54.3. The molecule has 15 nitrogen and oxygen atoms in total. The molecule has 2 N–H and O–H groups in total. The molecule has 1 rings (SSSR count). The first-order chi connectivity index (χ1) is 27.8. The van der Waals surface area contributed by atoms with Gasteiger partial charge < -0.3 is 43.7 Å². The summed E-state index contributed by atoms with van der Waals surface area (Å²) in [4.78, 5) is 67.9. The number of amides is 3. The number of thioether (sulfide) groups is 1. The van der Waals surface area contributed by atoms with Crippen LogP contribution in [-0.2, 0) is 48.3 Å². The van der Waals surface area contributed by atoms with Gasteiger partial charge >= 0.3 is 12.1 Å². The zero-order valence-corrected chi connectivity index (χ0v) is 39.3. The van der Waals surface area contributed by atoms with Gasteiger partial charge in [0.05, 0.1) is 58.9 Å². The Kier molecular flexibility index (Phi) is 23.5. The summed E-state index contributed by atoms with van der Waals surface area (Å²) in [6, 6.07) is 4.49. The summed E-state index contributed by atoms with van der Waals surface area (Å²) in [6.07, 6.45) is 0.828. The third-order valence-electron chi connectivity index (χ3n) is 9.36. The quantitative estimate of drug-likeness (QED) is 0.0823. The van der Waals surface area contributed by atoms with Crippen molar-refractivity contribution in [2.24, 2.45) is 11.3 Å². The van der Waals surface area contributed by atoms with E-state index >= 15 is 0 Å². The van der Waals surface area contributed by atoms with Gasteiger partial charge in [-0.3, -0.25) is 19.3 Å². The highest BCUT2D eigenvalue weighted by atomic mass is 32.2. The van der Waals surface area contributed by atoms with Gasteiger partial charge in [-0.05, 0) is 56.7 Å². The summed E-state index contributed by atoms with van der Waals surface area (Å²) < 4.78 is 33.8. The van der Waals surface area contributed by atoms with Crippen LogP contribution in [-0.4, -0.2) is 147 Å². The average molecular weight is 868 g/mol. The Morgan fingerprint density at radius 2 is 1.30 bits per heavy atom. The molecule has 0 aromatic heterocycles. The topological polar surface area (TPSA) is 179 Å². The van der Waals surface area contributed by atoms with E-state index in [4.69, 9.17) is 28.4 Å². The lowest BCUT2D eigenvalue weighted by Gasteiger charge is -2.42. The second-order valence-electron chi connectivity index (χ2n) is 17.5. The Hall–Kier alpha value is -3.70. The molecule has 1 aromatic carbocycles. The van der Waals surface area contributed by atoms with Crippen molar-refractivity contribution in [1.29, 1.82) is 0 Å². The maximum atomic E-state index is 14.7. The van der Waals surface area contributed by atoms with Crippen molar-refractivity contribution >= 4 is 40.8 Å². The molecule has 3 amide bonds. The zero-order chi connectivity index (χ0) is 45.8. The van der Waals surface area contributed by atoms with Gasteiger partial charge in [0, 0.05) is 37.8 Å². The number of rotatable bonds is 26. The number of carboxylic acids is 1. The Morgan fingerprint density at radius 1 is 0.783 bits per heavy atom. The van der Waals surface area contributed by atoms with Crippen molar-refractivity contribution < 1.29 is 57.5 Å². The zero-order valence-electron chi connectivity index (χ0n) is 38.5. The average Bonchev–Trinajstić information content (AvgIpc) is 3.13. The summed E-state index contributed by atoms with van der Waals surface area (Å²) in [6.45, 7) is 24.7. The number of carboxylic acid groups (broad SMARTS) is 1. The second kappa shape index (κ2) is 25.9. The first-order valence-corrected chi connectivity index (χ1v) is 21.4. The summed E-state index contributed by atoms with van der Waals surface area (Å²) in [7, 11) is 3.10. The predicted octanol–water partition coefficient (Wildman–Crippen LogP) is 5.97. The highest BCUT2D eigenvalue weighted by Gasteiger charge is 2.46. The van der Waals surface area contributed by atoms with E-state index in [0.29, 0.717) is 69.9 Å². The molecule has 0 saturated heterocycles. The van der Waals surface area contributed by atoms with Gasteiger partial charge in [0.1, 0.15) is 30.0 Å². The van der Waals surface area contributed by atoms with Crippen LogP contribution in [0.2, 0.25) is 0 Å². The summed E-state index contributed by atoms with van der Waals surface area (Å²) in [5.41, 5.74) is -1.88. The van der Waals surface area contributed by atoms with E-state index in [2.05, 4.69) is 5.32 Å². The number of hydrogen-bond acceptors (Lipinski definition) is 12. The molecule has 3 atom stereocenters. The van der Waals surface area contributed by atoms with Crippen molar-refractivity contribution in [2.75, 3.05) is 79.3 Å². The smallest absolute Gasteiger partial charge is 0.410 e. The largest absolute Gasteiger partial charge is 0.491 e. The van der Waals surface area contributed by atoms with Gasteiger partial charge in [0.25, 0.3) is 0 Å². The molecule has 1 aromatic rings. The Bertz CT molecular complexity index is 1550. The highest BCUT2D eigenvalue weighted by molar-refractivity contribution is 8.13. The van der Waals surface area contributed by atoms with Crippen LogP contribution >= 0.6 is 11.8 Å². The monoisotopic (exact) mass is 867 g/mol. The molecule has 0 fully saturated rings. The fraction of sp³-hybridized carbons (Fsp3) is 0.705.